The molecule has 0 fully saturated rings. The summed E-state index contributed by atoms with van der Waals surface area (Å²) >= 11 is 1.23. The monoisotopic (exact) mass is 150 g/mol. The van der Waals surface area contributed by atoms with E-state index >= 15 is 0 Å². The van der Waals surface area contributed by atoms with Crippen molar-refractivity contribution in [2.75, 3.05) is 12.4 Å². The smallest absolute Gasteiger partial charge is 0.318 e. The van der Waals surface area contributed by atoms with Crippen molar-refractivity contribution in [1.82, 2.24) is 0 Å². The largest absolute Gasteiger partial charge is 0.480 e. The van der Waals surface area contributed by atoms with Crippen LogP contribution < -0.4 is 0 Å². The van der Waals surface area contributed by atoms with Gasteiger partial charge >= 0.3 is 5.97 Å². The molecule has 0 bridgehead atoms. The van der Waals surface area contributed by atoms with E-state index in [2.05, 4.69) is 0 Å². The van der Waals surface area contributed by atoms with Crippen molar-refractivity contribution in [1.29, 1.82) is 0 Å². The lowest BCUT2D eigenvalue weighted by Gasteiger charge is -2.04. The van der Waals surface area contributed by atoms with E-state index in [1.54, 1.807) is 0 Å². The van der Waals surface area contributed by atoms with Crippen LogP contribution in [0.15, 0.2) is 0 Å². The van der Waals surface area contributed by atoms with Gasteiger partial charge in [0.2, 0.25) is 0 Å². The van der Waals surface area contributed by atoms with Crippen molar-refractivity contribution < 1.29 is 15.0 Å². The second-order valence-corrected chi connectivity index (χ2v) is 2.94. The Labute approximate surface area is 58.1 Å². The molecular formula is C5H10O3S. The highest BCUT2D eigenvalue weighted by atomic mass is 32.2. The van der Waals surface area contributed by atoms with E-state index in [1.807, 2.05) is 6.92 Å². The summed E-state index contributed by atoms with van der Waals surface area (Å²) in [6.45, 7) is 1.57. The summed E-state index contributed by atoms with van der Waals surface area (Å²) in [6, 6.07) is 0. The molecule has 0 saturated heterocycles. The molecule has 0 saturated carbocycles. The summed E-state index contributed by atoms with van der Waals surface area (Å²) in [5.41, 5.74) is 0. The molecule has 0 spiro atoms. The molecule has 2 N–H and O–H groups in total. The van der Waals surface area contributed by atoms with Gasteiger partial charge in [-0.05, 0) is 5.75 Å². The van der Waals surface area contributed by atoms with Crippen LogP contribution in [-0.4, -0.2) is 33.8 Å². The predicted molar refractivity (Wildman–Crippen MR) is 36.6 cm³/mol. The maximum Gasteiger partial charge on any atom is 0.318 e. The van der Waals surface area contributed by atoms with Crippen LogP contribution >= 0.6 is 11.8 Å². The first-order valence-corrected chi connectivity index (χ1v) is 3.72. The van der Waals surface area contributed by atoms with E-state index < -0.39 is 11.2 Å². The Kier molecular flexibility index (Phi) is 4.53. The number of rotatable bonds is 4. The zero-order chi connectivity index (χ0) is 7.28. The van der Waals surface area contributed by atoms with Gasteiger partial charge in [0.05, 0.1) is 6.61 Å². The fourth-order valence-corrected chi connectivity index (χ4v) is 1.05. The first kappa shape index (κ1) is 8.78. The minimum atomic E-state index is -0.940. The van der Waals surface area contributed by atoms with Gasteiger partial charge in [-0.1, -0.05) is 6.92 Å². The lowest BCUT2D eigenvalue weighted by atomic mass is 10.5. The first-order chi connectivity index (χ1) is 4.22. The van der Waals surface area contributed by atoms with Crippen molar-refractivity contribution in [3.8, 4) is 0 Å². The van der Waals surface area contributed by atoms with Crippen LogP contribution in [0.4, 0.5) is 0 Å². The summed E-state index contributed by atoms with van der Waals surface area (Å²) < 4.78 is 0. The van der Waals surface area contributed by atoms with E-state index in [9.17, 15) is 4.79 Å². The minimum Gasteiger partial charge on any atom is -0.480 e. The Morgan fingerprint density at radius 1 is 1.78 bits per heavy atom. The fourth-order valence-electron chi connectivity index (χ4n) is 0.403. The van der Waals surface area contributed by atoms with E-state index in [0.717, 1.165) is 5.75 Å². The molecule has 0 aromatic carbocycles. The van der Waals surface area contributed by atoms with Gasteiger partial charge in [0, 0.05) is 0 Å². The lowest BCUT2D eigenvalue weighted by Crippen LogP contribution is -2.20. The van der Waals surface area contributed by atoms with Crippen LogP contribution in [-0.2, 0) is 4.79 Å². The average Bonchev–Trinajstić information content (AvgIpc) is 1.82. The summed E-state index contributed by atoms with van der Waals surface area (Å²) in [6.07, 6.45) is 0. The van der Waals surface area contributed by atoms with Gasteiger partial charge in [-0.25, -0.2) is 0 Å². The van der Waals surface area contributed by atoms with Crippen LogP contribution in [0.2, 0.25) is 0 Å². The third-order valence-corrected chi connectivity index (χ3v) is 1.90. The number of carbonyl (C=O) groups is 1. The Hall–Kier alpha value is -0.220. The summed E-state index contributed by atoms with van der Waals surface area (Å²) in [7, 11) is 0. The molecule has 4 heteroatoms. The van der Waals surface area contributed by atoms with Gasteiger partial charge in [0.15, 0.2) is 0 Å². The average molecular weight is 150 g/mol. The second-order valence-electron chi connectivity index (χ2n) is 1.46. The SMILES string of the molecule is CCSC(CO)C(=O)O. The maximum atomic E-state index is 10.1. The molecule has 0 radical (unpaired) electrons. The number of aliphatic hydroxyl groups is 1. The molecule has 0 aliphatic rings. The van der Waals surface area contributed by atoms with Crippen molar-refractivity contribution in [3.05, 3.63) is 0 Å². The van der Waals surface area contributed by atoms with Gasteiger partial charge in [-0.3, -0.25) is 4.79 Å². The molecule has 3 nitrogen and oxygen atoms in total. The molecule has 9 heavy (non-hydrogen) atoms. The number of aliphatic hydroxyl groups excluding tert-OH is 1. The van der Waals surface area contributed by atoms with Crippen LogP contribution in [0.25, 0.3) is 0 Å². The minimum absolute atomic E-state index is 0.284. The van der Waals surface area contributed by atoms with Crippen molar-refractivity contribution in [2.24, 2.45) is 0 Å². The predicted octanol–water partition coefficient (Wildman–Crippen LogP) is 0.185. The summed E-state index contributed by atoms with van der Waals surface area (Å²) in [4.78, 5) is 10.1. The summed E-state index contributed by atoms with van der Waals surface area (Å²) in [5.74, 6) is -0.221. The lowest BCUT2D eigenvalue weighted by molar-refractivity contribution is -0.137. The number of carboxylic acid groups (broad SMARTS) is 1. The van der Waals surface area contributed by atoms with Gasteiger partial charge in [0.1, 0.15) is 5.25 Å². The molecule has 0 aromatic rings. The number of carboxylic acids is 1. The quantitative estimate of drug-likeness (QED) is 0.600. The second kappa shape index (κ2) is 4.64. The van der Waals surface area contributed by atoms with Gasteiger partial charge in [-0.15, -0.1) is 11.8 Å². The van der Waals surface area contributed by atoms with E-state index in [1.165, 1.54) is 11.8 Å². The highest BCUT2D eigenvalue weighted by molar-refractivity contribution is 8.00. The van der Waals surface area contributed by atoms with Crippen molar-refractivity contribution in [3.63, 3.8) is 0 Å². The first-order valence-electron chi connectivity index (χ1n) is 2.67. The normalized spacial score (nSPS) is 13.1. The third-order valence-electron chi connectivity index (χ3n) is 0.809. The van der Waals surface area contributed by atoms with Gasteiger partial charge in [0.25, 0.3) is 0 Å². The van der Waals surface area contributed by atoms with E-state index in [0.29, 0.717) is 0 Å². The standard InChI is InChI=1S/C5H10O3S/c1-2-9-4(3-6)5(7)8/h4,6H,2-3H2,1H3,(H,7,8). The molecule has 0 rings (SSSR count). The van der Waals surface area contributed by atoms with Gasteiger partial charge < -0.3 is 10.2 Å². The van der Waals surface area contributed by atoms with Crippen molar-refractivity contribution in [2.45, 2.75) is 12.2 Å². The fraction of sp³-hybridized carbons (Fsp3) is 0.800. The number of hydrogen-bond donors (Lipinski definition) is 2. The molecule has 0 aliphatic carbocycles. The zero-order valence-electron chi connectivity index (χ0n) is 5.20. The Morgan fingerprint density at radius 2 is 2.33 bits per heavy atom. The van der Waals surface area contributed by atoms with Crippen molar-refractivity contribution >= 4 is 17.7 Å². The van der Waals surface area contributed by atoms with Crippen LogP contribution in [0, 0.1) is 0 Å². The molecule has 0 amide bonds. The Morgan fingerprint density at radius 3 is 2.44 bits per heavy atom. The number of aliphatic carboxylic acids is 1. The maximum absolute atomic E-state index is 10.1. The molecule has 0 aliphatic heterocycles. The number of thioether (sulfide) groups is 1. The van der Waals surface area contributed by atoms with E-state index in [-0.39, 0.29) is 6.61 Å². The highest BCUT2D eigenvalue weighted by Crippen LogP contribution is 2.08. The summed E-state index contributed by atoms with van der Waals surface area (Å²) in [5, 5.41) is 16.1. The van der Waals surface area contributed by atoms with Gasteiger partial charge in [-0.2, -0.15) is 0 Å². The van der Waals surface area contributed by atoms with E-state index in [4.69, 9.17) is 10.2 Å². The molecular weight excluding hydrogens is 140 g/mol. The number of hydrogen-bond acceptors (Lipinski definition) is 3. The molecule has 0 aromatic heterocycles. The topological polar surface area (TPSA) is 57.5 Å². The molecule has 54 valence electrons. The highest BCUT2D eigenvalue weighted by Gasteiger charge is 2.14. The molecule has 1 atom stereocenters. The zero-order valence-corrected chi connectivity index (χ0v) is 6.02. The van der Waals surface area contributed by atoms with Crippen LogP contribution in [0.5, 0.6) is 0 Å². The Balaban J connectivity index is 3.54. The molecule has 1 unspecified atom stereocenters. The third kappa shape index (κ3) is 3.37. The van der Waals surface area contributed by atoms with Crippen LogP contribution in [0.1, 0.15) is 6.92 Å². The van der Waals surface area contributed by atoms with Crippen LogP contribution in [0.3, 0.4) is 0 Å². The molecule has 0 heterocycles. The Bertz CT molecular complexity index is 94.2.